The van der Waals surface area contributed by atoms with Crippen LogP contribution >= 0.6 is 0 Å². The molecular weight excluding hydrogens is 683 g/mol. The van der Waals surface area contributed by atoms with Crippen molar-refractivity contribution in [1.82, 2.24) is 14.5 Å². The highest BCUT2D eigenvalue weighted by Crippen LogP contribution is 2.41. The van der Waals surface area contributed by atoms with Crippen molar-refractivity contribution in [2.24, 2.45) is 0 Å². The number of hydrogen-bond donors (Lipinski definition) is 1. The molecule has 9 rings (SSSR count). The van der Waals surface area contributed by atoms with Crippen molar-refractivity contribution in [1.29, 1.82) is 0 Å². The molecule has 0 aliphatic rings. The van der Waals surface area contributed by atoms with Crippen LogP contribution in [-0.4, -0.2) is 19.6 Å². The number of imidazole rings is 1. The first-order valence-electron chi connectivity index (χ1n) is 20.7. The Kier molecular flexibility index (Phi) is 7.93. The Morgan fingerprint density at radius 2 is 1.23 bits per heavy atom. The summed E-state index contributed by atoms with van der Waals surface area (Å²) in [7, 11) is 0. The maximum absolute atomic E-state index is 11.3. The molecule has 270 valence electrons. The summed E-state index contributed by atoms with van der Waals surface area (Å²) in [5, 5.41) is 11.3. The number of aromatic hydroxyl groups is 1. The van der Waals surface area contributed by atoms with Gasteiger partial charge in [-0.2, -0.15) is 0 Å². The molecule has 0 radical (unpaired) electrons. The maximum Gasteiger partial charge on any atom is 0.149 e. The first kappa shape index (κ1) is 30.3. The molecule has 0 atom stereocenters. The lowest BCUT2D eigenvalue weighted by Crippen LogP contribution is -2.01. The highest BCUT2D eigenvalue weighted by Gasteiger charge is 2.22. The zero-order valence-corrected chi connectivity index (χ0v) is 31.1. The normalized spacial score (nSPS) is 12.8. The van der Waals surface area contributed by atoms with E-state index >= 15 is 0 Å². The Balaban J connectivity index is 1.27. The van der Waals surface area contributed by atoms with Crippen LogP contribution in [0, 0.1) is 6.85 Å². The van der Waals surface area contributed by atoms with E-state index in [1.165, 1.54) is 0 Å². The molecule has 2 aromatic heterocycles. The maximum atomic E-state index is 11.3. The number of phenols is 1. The van der Waals surface area contributed by atoms with Crippen LogP contribution in [0.2, 0.25) is 0 Å². The fraction of sp³-hybridized carbons (Fsp3) is 0.0769. The van der Waals surface area contributed by atoms with Crippen molar-refractivity contribution in [2.75, 3.05) is 0 Å². The molecule has 0 fully saturated rings. The van der Waals surface area contributed by atoms with Gasteiger partial charge in [0.05, 0.1) is 28.0 Å². The highest BCUT2D eigenvalue weighted by molar-refractivity contribution is 5.98. The molecule has 1 N–H and O–H groups in total. The van der Waals surface area contributed by atoms with E-state index in [2.05, 4.69) is 54.6 Å². The molecule has 4 heteroatoms. The molecule has 0 saturated heterocycles. The predicted molar refractivity (Wildman–Crippen MR) is 232 cm³/mol. The van der Waals surface area contributed by atoms with Gasteiger partial charge in [-0.1, -0.05) is 135 Å². The second kappa shape index (κ2) is 14.7. The number of phenolic OH excluding ortho intramolecular Hbond substituents is 1. The van der Waals surface area contributed by atoms with Crippen molar-refractivity contribution in [3.63, 3.8) is 0 Å². The molecule has 7 aromatic carbocycles. The Labute approximate surface area is 333 Å². The molecule has 56 heavy (non-hydrogen) atoms. The van der Waals surface area contributed by atoms with Gasteiger partial charge in [-0.3, -0.25) is 9.55 Å². The summed E-state index contributed by atoms with van der Waals surface area (Å²) in [5.74, 6) is -0.0950. The van der Waals surface area contributed by atoms with E-state index < -0.39 is 12.7 Å². The van der Waals surface area contributed by atoms with Gasteiger partial charge in [0.15, 0.2) is 0 Å². The minimum absolute atomic E-state index is 0.0772. The van der Waals surface area contributed by atoms with Crippen LogP contribution in [-0.2, 0) is 0 Å². The van der Waals surface area contributed by atoms with Crippen molar-refractivity contribution < 1.29 is 10.6 Å². The van der Waals surface area contributed by atoms with E-state index in [0.717, 1.165) is 72.5 Å². The molecule has 4 nitrogen and oxygen atoms in total. The van der Waals surface area contributed by atoms with Crippen LogP contribution in [0.15, 0.2) is 182 Å². The van der Waals surface area contributed by atoms with Crippen molar-refractivity contribution in [3.8, 4) is 78.6 Å². The van der Waals surface area contributed by atoms with E-state index in [9.17, 15) is 5.11 Å². The average molecular weight is 728 g/mol. The zero-order valence-electron chi connectivity index (χ0n) is 35.1. The van der Waals surface area contributed by atoms with Gasteiger partial charge in [0.2, 0.25) is 0 Å². The van der Waals surface area contributed by atoms with Crippen molar-refractivity contribution in [2.45, 2.75) is 26.6 Å². The number of hydrogen-bond acceptors (Lipinski definition) is 3. The smallest absolute Gasteiger partial charge is 0.149 e. The number of para-hydroxylation sites is 2. The van der Waals surface area contributed by atoms with Crippen LogP contribution in [0.5, 0.6) is 5.75 Å². The van der Waals surface area contributed by atoms with Gasteiger partial charge in [-0.05, 0) is 112 Å². The topological polar surface area (TPSA) is 50.9 Å². The third-order valence-electron chi connectivity index (χ3n) is 10.4. The van der Waals surface area contributed by atoms with Gasteiger partial charge in [0.25, 0.3) is 0 Å². The molecule has 0 aliphatic carbocycles. The number of aryl methyl sites for hydroxylation is 1. The number of rotatable bonds is 8. The predicted octanol–water partition coefficient (Wildman–Crippen LogP) is 13.6. The summed E-state index contributed by atoms with van der Waals surface area (Å²) in [6.07, 6.45) is 1.84. The number of pyridine rings is 1. The van der Waals surface area contributed by atoms with Crippen molar-refractivity contribution >= 4 is 11.0 Å². The van der Waals surface area contributed by atoms with Crippen LogP contribution in [0.4, 0.5) is 0 Å². The molecule has 0 aliphatic heterocycles. The lowest BCUT2D eigenvalue weighted by atomic mass is 9.93. The molecule has 0 saturated carbocycles. The number of aromatic nitrogens is 3. The lowest BCUT2D eigenvalue weighted by Gasteiger charge is -2.16. The van der Waals surface area contributed by atoms with Gasteiger partial charge in [0, 0.05) is 28.4 Å². The first-order chi connectivity index (χ1) is 28.9. The summed E-state index contributed by atoms with van der Waals surface area (Å²) >= 11 is 0. The fourth-order valence-electron chi connectivity index (χ4n) is 7.49. The van der Waals surface area contributed by atoms with E-state index in [-0.39, 0.29) is 11.3 Å². The minimum atomic E-state index is -2.31. The molecule has 0 unspecified atom stereocenters. The van der Waals surface area contributed by atoms with Gasteiger partial charge in [0.1, 0.15) is 11.6 Å². The van der Waals surface area contributed by atoms with E-state index in [4.69, 9.17) is 15.5 Å². The van der Waals surface area contributed by atoms with Gasteiger partial charge in [-0.25, -0.2) is 4.98 Å². The van der Waals surface area contributed by atoms with Crippen LogP contribution < -0.4 is 0 Å². The Bertz CT molecular complexity index is 3000. The SMILES string of the molecule is [2H]C([2H])([2H])c1ccc(-n2c(-c3ccccc3O)nc3c(-c4cc(-c5ccccc5)cc(-c5cc(-c6ccc(C([2H])(C)C)cc6)ccn5)c4)cccc32)c(-c2ccccc2)c1. The summed E-state index contributed by atoms with van der Waals surface area (Å²) in [4.78, 5) is 10.2. The van der Waals surface area contributed by atoms with Crippen LogP contribution in [0.1, 0.15) is 36.4 Å². The van der Waals surface area contributed by atoms with Crippen molar-refractivity contribution in [3.05, 3.63) is 193 Å². The fourth-order valence-corrected chi connectivity index (χ4v) is 7.49. The zero-order chi connectivity index (χ0) is 41.6. The molecule has 9 aromatic rings. The molecule has 0 amide bonds. The minimum Gasteiger partial charge on any atom is -0.507 e. The Morgan fingerprint density at radius 3 is 1.98 bits per heavy atom. The largest absolute Gasteiger partial charge is 0.507 e. The van der Waals surface area contributed by atoms with E-state index in [1.54, 1.807) is 24.3 Å². The van der Waals surface area contributed by atoms with Gasteiger partial charge < -0.3 is 5.11 Å². The summed E-state index contributed by atoms with van der Waals surface area (Å²) < 4.78 is 35.2. The monoisotopic (exact) mass is 727 g/mol. The standard InChI is InChI=1S/C52H41N3O/c1-34(2)36-22-24-38(25-23-36)40-27-28-53-47(33-40)43-31-41(37-13-6-4-7-14-37)30-42(32-43)44-18-12-19-49-51(44)54-52(45-17-10-11-20-50(45)56)55(49)48-26-21-35(3)29-46(48)39-15-8-5-9-16-39/h4-34,56H,1-3H3/i3D3,34D. The van der Waals surface area contributed by atoms with E-state index in [1.807, 2.05) is 122 Å². The molecule has 0 bridgehead atoms. The van der Waals surface area contributed by atoms with Gasteiger partial charge >= 0.3 is 0 Å². The van der Waals surface area contributed by atoms with Gasteiger partial charge in [-0.15, -0.1) is 0 Å². The summed E-state index contributed by atoms with van der Waals surface area (Å²) in [6, 6.07) is 57.3. The van der Waals surface area contributed by atoms with Crippen LogP contribution in [0.3, 0.4) is 0 Å². The summed E-state index contributed by atoms with van der Waals surface area (Å²) in [6.45, 7) is 1.47. The highest BCUT2D eigenvalue weighted by atomic mass is 16.3. The Morgan fingerprint density at radius 1 is 0.554 bits per heavy atom. The number of nitrogens with zero attached hydrogens (tertiary/aromatic N) is 3. The Hall–Kier alpha value is -7.04. The third kappa shape index (κ3) is 6.56. The lowest BCUT2D eigenvalue weighted by molar-refractivity contribution is 0.477. The van der Waals surface area contributed by atoms with Crippen LogP contribution in [0.25, 0.3) is 83.9 Å². The third-order valence-corrected chi connectivity index (χ3v) is 10.4. The molecular formula is C52H41N3O. The quantitative estimate of drug-likeness (QED) is 0.170. The molecule has 2 heterocycles. The average Bonchev–Trinajstić information content (AvgIpc) is 3.66. The molecule has 0 spiro atoms. The second-order valence-corrected chi connectivity index (χ2v) is 14.2. The first-order valence-corrected chi connectivity index (χ1v) is 18.7. The second-order valence-electron chi connectivity index (χ2n) is 14.2. The number of fused-ring (bicyclic) bond motifs is 1. The van der Waals surface area contributed by atoms with E-state index in [0.29, 0.717) is 16.9 Å². The number of benzene rings is 7. The summed E-state index contributed by atoms with van der Waals surface area (Å²) in [5.41, 5.74) is 13.2.